The number of carbonyl (C=O) groups excluding carboxylic acids is 1. The highest BCUT2D eigenvalue weighted by Crippen LogP contribution is 2.19. The van der Waals surface area contributed by atoms with Gasteiger partial charge in [-0.25, -0.2) is 0 Å². The molecule has 0 spiro atoms. The molecule has 0 aromatic rings. The first kappa shape index (κ1) is 19.7. The Hall–Kier alpha value is -1.30. The van der Waals surface area contributed by atoms with Crippen molar-refractivity contribution in [3.8, 4) is 0 Å². The Morgan fingerprint density at radius 2 is 1.70 bits per heavy atom. The molecule has 23 heavy (non-hydrogen) atoms. The lowest BCUT2D eigenvalue weighted by atomic mass is 9.98. The number of piperidine rings is 1. The van der Waals surface area contributed by atoms with Crippen LogP contribution in [0.3, 0.4) is 0 Å². The first-order valence-electron chi connectivity index (χ1n) is 8.55. The number of guanidine groups is 1. The van der Waals surface area contributed by atoms with E-state index in [1.165, 1.54) is 19.3 Å². The van der Waals surface area contributed by atoms with Crippen LogP contribution in [0.15, 0.2) is 4.99 Å². The van der Waals surface area contributed by atoms with Crippen molar-refractivity contribution < 1.29 is 9.53 Å². The fraction of sp³-hybridized carbons (Fsp3) is 0.882. The number of rotatable bonds is 5. The lowest BCUT2D eigenvalue weighted by molar-refractivity contribution is -0.153. The predicted molar refractivity (Wildman–Crippen MR) is 94.7 cm³/mol. The first-order chi connectivity index (χ1) is 10.6. The molecule has 6 nitrogen and oxygen atoms in total. The highest BCUT2D eigenvalue weighted by molar-refractivity contribution is 5.84. The number of ether oxygens (including phenoxy) is 1. The molecule has 1 fully saturated rings. The maximum atomic E-state index is 11.8. The zero-order valence-corrected chi connectivity index (χ0v) is 15.7. The monoisotopic (exact) mass is 326 g/mol. The Bertz CT molecular complexity index is 407. The van der Waals surface area contributed by atoms with Gasteiger partial charge in [0.25, 0.3) is 0 Å². The van der Waals surface area contributed by atoms with Gasteiger partial charge in [0.05, 0.1) is 0 Å². The molecule has 1 rings (SSSR count). The second-order valence-corrected chi connectivity index (χ2v) is 7.73. The van der Waals surface area contributed by atoms with Crippen molar-refractivity contribution in [1.82, 2.24) is 15.5 Å². The van der Waals surface area contributed by atoms with Crippen molar-refractivity contribution in [3.63, 3.8) is 0 Å². The second kappa shape index (κ2) is 8.52. The minimum absolute atomic E-state index is 0.0595. The van der Waals surface area contributed by atoms with Crippen molar-refractivity contribution in [2.24, 2.45) is 4.99 Å². The van der Waals surface area contributed by atoms with Crippen LogP contribution in [0.2, 0.25) is 0 Å². The first-order valence-corrected chi connectivity index (χ1v) is 8.55. The number of nitrogens with zero attached hydrogens (tertiary/aromatic N) is 2. The number of aliphatic imine (C=N–C) groups is 1. The van der Waals surface area contributed by atoms with Gasteiger partial charge in [0.2, 0.25) is 0 Å². The zero-order chi connectivity index (χ0) is 17.5. The summed E-state index contributed by atoms with van der Waals surface area (Å²) < 4.78 is 5.28. The Labute approximate surface area is 141 Å². The standard InChI is InChI=1S/C17H34N4O2/c1-16(2,3)23-14(22)12-19-15(18-6)20-13-17(4,5)21-10-8-7-9-11-21/h7-13H2,1-6H3,(H2,18,19,20). The molecule has 0 aliphatic carbocycles. The average molecular weight is 326 g/mol. The van der Waals surface area contributed by atoms with E-state index in [9.17, 15) is 4.79 Å². The average Bonchev–Trinajstić information content (AvgIpc) is 2.46. The molecule has 1 aliphatic heterocycles. The van der Waals surface area contributed by atoms with E-state index in [4.69, 9.17) is 4.74 Å². The summed E-state index contributed by atoms with van der Waals surface area (Å²) in [4.78, 5) is 18.4. The highest BCUT2D eigenvalue weighted by atomic mass is 16.6. The van der Waals surface area contributed by atoms with Crippen LogP contribution in [-0.4, -0.2) is 61.2 Å². The summed E-state index contributed by atoms with van der Waals surface area (Å²) >= 11 is 0. The molecule has 6 heteroatoms. The summed E-state index contributed by atoms with van der Waals surface area (Å²) in [5, 5.41) is 6.33. The molecule has 1 saturated heterocycles. The third kappa shape index (κ3) is 7.68. The summed E-state index contributed by atoms with van der Waals surface area (Å²) in [5.41, 5.74) is -0.407. The van der Waals surface area contributed by atoms with Gasteiger partial charge in [0.1, 0.15) is 12.1 Å². The fourth-order valence-corrected chi connectivity index (χ4v) is 2.67. The van der Waals surface area contributed by atoms with E-state index in [0.717, 1.165) is 19.6 Å². The summed E-state index contributed by atoms with van der Waals surface area (Å²) in [6.45, 7) is 13.3. The SMILES string of the molecule is CN=C(NCC(=O)OC(C)(C)C)NCC(C)(C)N1CCCCC1. The smallest absolute Gasteiger partial charge is 0.325 e. The van der Waals surface area contributed by atoms with Crippen LogP contribution in [-0.2, 0) is 9.53 Å². The van der Waals surface area contributed by atoms with Crippen LogP contribution in [0.1, 0.15) is 53.9 Å². The van der Waals surface area contributed by atoms with Gasteiger partial charge in [-0.05, 0) is 60.5 Å². The van der Waals surface area contributed by atoms with Crippen molar-refractivity contribution in [2.45, 2.75) is 65.0 Å². The van der Waals surface area contributed by atoms with E-state index in [-0.39, 0.29) is 18.1 Å². The summed E-state index contributed by atoms with van der Waals surface area (Å²) in [7, 11) is 1.71. The Balaban J connectivity index is 2.40. The summed E-state index contributed by atoms with van der Waals surface area (Å²) in [5.74, 6) is 0.344. The fourth-order valence-electron chi connectivity index (χ4n) is 2.67. The Kier molecular flexibility index (Phi) is 7.32. The number of likely N-dealkylation sites (tertiary alicyclic amines) is 1. The van der Waals surface area contributed by atoms with Gasteiger partial charge in [-0.1, -0.05) is 6.42 Å². The molecule has 0 amide bonds. The number of carbonyl (C=O) groups is 1. The predicted octanol–water partition coefficient (Wildman–Crippen LogP) is 1.76. The molecule has 0 radical (unpaired) electrons. The molecule has 1 aliphatic rings. The van der Waals surface area contributed by atoms with Crippen molar-refractivity contribution >= 4 is 11.9 Å². The van der Waals surface area contributed by atoms with Gasteiger partial charge < -0.3 is 15.4 Å². The minimum atomic E-state index is -0.466. The number of esters is 1. The van der Waals surface area contributed by atoms with E-state index in [0.29, 0.717) is 5.96 Å². The highest BCUT2D eigenvalue weighted by Gasteiger charge is 2.28. The molecule has 1 heterocycles. The molecular formula is C17H34N4O2. The van der Waals surface area contributed by atoms with Crippen molar-refractivity contribution in [2.75, 3.05) is 33.2 Å². The molecule has 0 unspecified atom stereocenters. The molecule has 0 saturated carbocycles. The zero-order valence-electron chi connectivity index (χ0n) is 15.7. The minimum Gasteiger partial charge on any atom is -0.459 e. The van der Waals surface area contributed by atoms with Gasteiger partial charge in [-0.3, -0.25) is 14.7 Å². The van der Waals surface area contributed by atoms with Crippen LogP contribution in [0.4, 0.5) is 0 Å². The van der Waals surface area contributed by atoms with Crippen LogP contribution >= 0.6 is 0 Å². The van der Waals surface area contributed by atoms with Gasteiger partial charge in [-0.15, -0.1) is 0 Å². The van der Waals surface area contributed by atoms with Crippen molar-refractivity contribution in [3.05, 3.63) is 0 Å². The number of hydrogen-bond donors (Lipinski definition) is 2. The largest absolute Gasteiger partial charge is 0.459 e. The molecule has 0 aromatic carbocycles. The third-order valence-electron chi connectivity index (χ3n) is 3.94. The quantitative estimate of drug-likeness (QED) is 0.458. The van der Waals surface area contributed by atoms with E-state index < -0.39 is 5.60 Å². The van der Waals surface area contributed by atoms with Gasteiger partial charge in [-0.2, -0.15) is 0 Å². The van der Waals surface area contributed by atoms with E-state index in [1.807, 2.05) is 20.8 Å². The van der Waals surface area contributed by atoms with Gasteiger partial charge in [0.15, 0.2) is 5.96 Å². The normalized spacial score (nSPS) is 17.7. The lowest BCUT2D eigenvalue weighted by Crippen LogP contribution is -2.55. The van der Waals surface area contributed by atoms with Gasteiger partial charge in [0, 0.05) is 19.1 Å². The molecular weight excluding hydrogens is 292 g/mol. The topological polar surface area (TPSA) is 66.0 Å². The summed E-state index contributed by atoms with van der Waals surface area (Å²) in [6.07, 6.45) is 3.88. The molecule has 0 atom stereocenters. The molecule has 0 aromatic heterocycles. The Morgan fingerprint density at radius 1 is 1.09 bits per heavy atom. The van der Waals surface area contributed by atoms with Crippen LogP contribution < -0.4 is 10.6 Å². The third-order valence-corrected chi connectivity index (χ3v) is 3.94. The van der Waals surface area contributed by atoms with E-state index in [1.54, 1.807) is 7.05 Å². The molecule has 134 valence electrons. The maximum absolute atomic E-state index is 11.8. The van der Waals surface area contributed by atoms with Crippen LogP contribution in [0.5, 0.6) is 0 Å². The maximum Gasteiger partial charge on any atom is 0.325 e. The van der Waals surface area contributed by atoms with Crippen LogP contribution in [0, 0.1) is 0 Å². The lowest BCUT2D eigenvalue weighted by Gasteiger charge is -2.41. The van der Waals surface area contributed by atoms with Gasteiger partial charge >= 0.3 is 5.97 Å². The Morgan fingerprint density at radius 3 is 2.22 bits per heavy atom. The molecule has 2 N–H and O–H groups in total. The van der Waals surface area contributed by atoms with E-state index >= 15 is 0 Å². The number of hydrogen-bond acceptors (Lipinski definition) is 4. The summed E-state index contributed by atoms with van der Waals surface area (Å²) in [6, 6.07) is 0. The van der Waals surface area contributed by atoms with Crippen LogP contribution in [0.25, 0.3) is 0 Å². The second-order valence-electron chi connectivity index (χ2n) is 7.73. The van der Waals surface area contributed by atoms with E-state index in [2.05, 4.69) is 34.4 Å². The number of nitrogens with one attached hydrogen (secondary N) is 2. The molecule has 0 bridgehead atoms. The van der Waals surface area contributed by atoms with Crippen molar-refractivity contribution in [1.29, 1.82) is 0 Å².